The highest BCUT2D eigenvalue weighted by Crippen LogP contribution is 2.24. The molecule has 0 aliphatic rings. The van der Waals surface area contributed by atoms with Gasteiger partial charge in [-0.2, -0.15) is 0 Å². The van der Waals surface area contributed by atoms with E-state index in [0.717, 1.165) is 18.2 Å². The number of rotatable bonds is 2. The molecule has 3 rings (SSSR count). The third kappa shape index (κ3) is 2.20. The highest BCUT2D eigenvalue weighted by molar-refractivity contribution is 5.81. The maximum absolute atomic E-state index is 13.7. The standard InChI is InChI=1S/C14H6F2N2O4/c15-10-3-1-2-8(12(10)16)13-17-11-5-4-7(18(20)21)6-9(11)14(19)22-13/h1-6H. The fraction of sp³-hybridized carbons (Fsp3) is 0. The lowest BCUT2D eigenvalue weighted by Gasteiger charge is -2.03. The number of non-ortho nitro benzene ring substituents is 1. The largest absolute Gasteiger partial charge is 0.403 e. The molecular weight excluding hydrogens is 298 g/mol. The van der Waals surface area contributed by atoms with E-state index in [4.69, 9.17) is 4.42 Å². The maximum atomic E-state index is 13.7. The number of nitro benzene ring substituents is 1. The Bertz CT molecular complexity index is 969. The van der Waals surface area contributed by atoms with Crippen molar-refractivity contribution < 1.29 is 18.1 Å². The molecular formula is C14H6F2N2O4. The normalized spacial score (nSPS) is 10.8. The van der Waals surface area contributed by atoms with Gasteiger partial charge >= 0.3 is 5.63 Å². The molecule has 1 aromatic heterocycles. The molecule has 0 radical (unpaired) electrons. The lowest BCUT2D eigenvalue weighted by atomic mass is 10.2. The maximum Gasteiger partial charge on any atom is 0.347 e. The summed E-state index contributed by atoms with van der Waals surface area (Å²) in [6.07, 6.45) is 0. The van der Waals surface area contributed by atoms with Crippen LogP contribution in [-0.2, 0) is 0 Å². The Morgan fingerprint density at radius 1 is 1.18 bits per heavy atom. The lowest BCUT2D eigenvalue weighted by molar-refractivity contribution is -0.384. The minimum atomic E-state index is -1.19. The van der Waals surface area contributed by atoms with Crippen LogP contribution in [0.1, 0.15) is 0 Å². The summed E-state index contributed by atoms with van der Waals surface area (Å²) in [6, 6.07) is 6.78. The Hall–Kier alpha value is -3.16. The quantitative estimate of drug-likeness (QED) is 0.536. The van der Waals surface area contributed by atoms with Gasteiger partial charge in [0, 0.05) is 12.1 Å². The van der Waals surface area contributed by atoms with Crippen molar-refractivity contribution in [1.82, 2.24) is 4.98 Å². The number of nitrogens with zero attached hydrogens (tertiary/aromatic N) is 2. The van der Waals surface area contributed by atoms with Crippen LogP contribution in [0.2, 0.25) is 0 Å². The lowest BCUT2D eigenvalue weighted by Crippen LogP contribution is -2.04. The summed E-state index contributed by atoms with van der Waals surface area (Å²) in [5.74, 6) is -2.70. The fourth-order valence-corrected chi connectivity index (χ4v) is 1.96. The molecule has 22 heavy (non-hydrogen) atoms. The second-order valence-electron chi connectivity index (χ2n) is 4.37. The summed E-state index contributed by atoms with van der Waals surface area (Å²) < 4.78 is 31.8. The van der Waals surface area contributed by atoms with Crippen molar-refractivity contribution in [3.8, 4) is 11.5 Å². The van der Waals surface area contributed by atoms with Gasteiger partial charge in [0.15, 0.2) is 11.6 Å². The number of nitro groups is 1. The van der Waals surface area contributed by atoms with Gasteiger partial charge in [-0.05, 0) is 18.2 Å². The van der Waals surface area contributed by atoms with Crippen molar-refractivity contribution in [2.24, 2.45) is 0 Å². The van der Waals surface area contributed by atoms with Gasteiger partial charge in [0.25, 0.3) is 5.69 Å². The van der Waals surface area contributed by atoms with Gasteiger partial charge in [0.1, 0.15) is 0 Å². The molecule has 6 nitrogen and oxygen atoms in total. The Morgan fingerprint density at radius 2 is 1.95 bits per heavy atom. The van der Waals surface area contributed by atoms with Gasteiger partial charge in [-0.25, -0.2) is 18.6 Å². The molecule has 0 aliphatic carbocycles. The van der Waals surface area contributed by atoms with Crippen molar-refractivity contribution >= 4 is 16.6 Å². The topological polar surface area (TPSA) is 86.2 Å². The molecule has 0 fully saturated rings. The first kappa shape index (κ1) is 13.8. The zero-order valence-electron chi connectivity index (χ0n) is 10.7. The number of fused-ring (bicyclic) bond motifs is 1. The molecule has 0 bridgehead atoms. The van der Waals surface area contributed by atoms with Crippen LogP contribution in [0, 0.1) is 21.7 Å². The highest BCUT2D eigenvalue weighted by Gasteiger charge is 2.17. The molecule has 0 saturated heterocycles. The first-order valence-electron chi connectivity index (χ1n) is 6.01. The van der Waals surface area contributed by atoms with Crippen LogP contribution in [0.5, 0.6) is 0 Å². The summed E-state index contributed by atoms with van der Waals surface area (Å²) in [7, 11) is 0. The average molecular weight is 304 g/mol. The highest BCUT2D eigenvalue weighted by atomic mass is 19.2. The summed E-state index contributed by atoms with van der Waals surface area (Å²) in [5.41, 5.74) is -1.45. The summed E-state index contributed by atoms with van der Waals surface area (Å²) >= 11 is 0. The summed E-state index contributed by atoms with van der Waals surface area (Å²) in [6.45, 7) is 0. The zero-order chi connectivity index (χ0) is 15.9. The van der Waals surface area contributed by atoms with E-state index in [1.807, 2.05) is 0 Å². The predicted molar refractivity (Wildman–Crippen MR) is 72.3 cm³/mol. The van der Waals surface area contributed by atoms with E-state index in [1.165, 1.54) is 18.2 Å². The second-order valence-corrected chi connectivity index (χ2v) is 4.37. The van der Waals surface area contributed by atoms with Crippen molar-refractivity contribution in [3.05, 3.63) is 68.6 Å². The Balaban J connectivity index is 2.26. The molecule has 0 unspecified atom stereocenters. The molecule has 0 aliphatic heterocycles. The first-order valence-corrected chi connectivity index (χ1v) is 6.01. The molecule has 2 aromatic carbocycles. The molecule has 1 heterocycles. The number of benzene rings is 2. The Morgan fingerprint density at radius 3 is 2.68 bits per heavy atom. The summed E-state index contributed by atoms with van der Waals surface area (Å²) in [5, 5.41) is 10.6. The van der Waals surface area contributed by atoms with Gasteiger partial charge in [-0.15, -0.1) is 0 Å². The van der Waals surface area contributed by atoms with Gasteiger partial charge in [0.05, 0.1) is 21.4 Å². The van der Waals surface area contributed by atoms with Gasteiger partial charge < -0.3 is 4.42 Å². The van der Waals surface area contributed by atoms with E-state index in [0.29, 0.717) is 0 Å². The van der Waals surface area contributed by atoms with Crippen molar-refractivity contribution in [1.29, 1.82) is 0 Å². The monoisotopic (exact) mass is 304 g/mol. The first-order chi connectivity index (χ1) is 10.5. The van der Waals surface area contributed by atoms with Crippen LogP contribution < -0.4 is 5.63 Å². The number of aromatic nitrogens is 1. The van der Waals surface area contributed by atoms with E-state index in [-0.39, 0.29) is 22.2 Å². The van der Waals surface area contributed by atoms with Gasteiger partial charge in [-0.1, -0.05) is 6.07 Å². The molecule has 0 amide bonds. The SMILES string of the molecule is O=c1oc(-c2cccc(F)c2F)nc2ccc([N+](=O)[O-])cc12. The van der Waals surface area contributed by atoms with Crippen LogP contribution in [-0.4, -0.2) is 9.91 Å². The molecule has 0 atom stereocenters. The van der Waals surface area contributed by atoms with Crippen LogP contribution in [0.15, 0.2) is 45.6 Å². The van der Waals surface area contributed by atoms with Crippen molar-refractivity contribution in [2.75, 3.05) is 0 Å². The number of hydrogen-bond donors (Lipinski definition) is 0. The molecule has 0 spiro atoms. The van der Waals surface area contributed by atoms with Crippen LogP contribution in [0.4, 0.5) is 14.5 Å². The number of halogens is 2. The van der Waals surface area contributed by atoms with E-state index in [1.54, 1.807) is 0 Å². The second kappa shape index (κ2) is 4.99. The minimum Gasteiger partial charge on any atom is -0.403 e. The smallest absolute Gasteiger partial charge is 0.347 e. The van der Waals surface area contributed by atoms with Gasteiger partial charge in [-0.3, -0.25) is 10.1 Å². The predicted octanol–water partition coefficient (Wildman–Crippen LogP) is 3.04. The molecule has 8 heteroatoms. The van der Waals surface area contributed by atoms with Crippen LogP contribution in [0.3, 0.4) is 0 Å². The molecule has 110 valence electrons. The third-order valence-corrected chi connectivity index (χ3v) is 3.00. The van der Waals surface area contributed by atoms with E-state index in [9.17, 15) is 23.7 Å². The molecule has 0 saturated carbocycles. The van der Waals surface area contributed by atoms with E-state index < -0.39 is 28.1 Å². The minimum absolute atomic E-state index is 0.0838. The van der Waals surface area contributed by atoms with Gasteiger partial charge in [0.2, 0.25) is 5.89 Å². The summed E-state index contributed by atoms with van der Waals surface area (Å²) in [4.78, 5) is 25.8. The van der Waals surface area contributed by atoms with E-state index >= 15 is 0 Å². The van der Waals surface area contributed by atoms with Crippen LogP contribution >= 0.6 is 0 Å². The van der Waals surface area contributed by atoms with Crippen LogP contribution in [0.25, 0.3) is 22.4 Å². The van der Waals surface area contributed by atoms with Crippen molar-refractivity contribution in [2.45, 2.75) is 0 Å². The van der Waals surface area contributed by atoms with Crippen molar-refractivity contribution in [3.63, 3.8) is 0 Å². The Labute approximate surface area is 120 Å². The van der Waals surface area contributed by atoms with E-state index in [2.05, 4.69) is 4.98 Å². The molecule has 3 aromatic rings. The number of hydrogen-bond acceptors (Lipinski definition) is 5. The Kier molecular flexibility index (Phi) is 3.13. The average Bonchev–Trinajstić information content (AvgIpc) is 2.49. The third-order valence-electron chi connectivity index (χ3n) is 3.00. The molecule has 0 N–H and O–H groups in total. The zero-order valence-corrected chi connectivity index (χ0v) is 10.7. The fourth-order valence-electron chi connectivity index (χ4n) is 1.96.